The third kappa shape index (κ3) is 3.58. The summed E-state index contributed by atoms with van der Waals surface area (Å²) in [6.45, 7) is 0. The lowest BCUT2D eigenvalue weighted by atomic mass is 9.94. The van der Waals surface area contributed by atoms with Gasteiger partial charge in [0.25, 0.3) is 11.6 Å². The molecule has 0 spiro atoms. The van der Waals surface area contributed by atoms with Crippen LogP contribution < -0.4 is 0 Å². The topological polar surface area (TPSA) is 63.5 Å². The Hall–Kier alpha value is -1.50. The molecule has 2 atom stereocenters. The molecule has 5 nitrogen and oxygen atoms in total. The van der Waals surface area contributed by atoms with Gasteiger partial charge in [-0.1, -0.05) is 28.8 Å². The van der Waals surface area contributed by atoms with Gasteiger partial charge >= 0.3 is 0 Å². The number of benzene rings is 1. The predicted octanol–water partition coefficient (Wildman–Crippen LogP) is 3.51. The summed E-state index contributed by atoms with van der Waals surface area (Å²) in [5.41, 5.74) is -0.403. The van der Waals surface area contributed by atoms with Gasteiger partial charge in [-0.3, -0.25) is 14.9 Å². The Labute approximate surface area is 130 Å². The molecule has 1 saturated carbocycles. The Bertz CT molecular complexity index is 567. The average Bonchev–Trinajstić information content (AvgIpc) is 2.45. The number of alkyl halides is 1. The highest BCUT2D eigenvalue weighted by Gasteiger charge is 2.30. The van der Waals surface area contributed by atoms with Crippen molar-refractivity contribution in [3.8, 4) is 0 Å². The molecule has 2 unspecified atom stereocenters. The molecule has 0 radical (unpaired) electrons. The van der Waals surface area contributed by atoms with Crippen molar-refractivity contribution in [3.05, 3.63) is 39.7 Å². The molecule has 0 aromatic heterocycles. The number of hydrogen-bond acceptors (Lipinski definition) is 3. The van der Waals surface area contributed by atoms with Gasteiger partial charge in [0.2, 0.25) is 0 Å². The van der Waals surface area contributed by atoms with Crippen molar-refractivity contribution in [3.63, 3.8) is 0 Å². The Kier molecular flexibility index (Phi) is 4.92. The van der Waals surface area contributed by atoms with Crippen molar-refractivity contribution >= 4 is 27.5 Å². The summed E-state index contributed by atoms with van der Waals surface area (Å²) < 4.78 is 13.4. The van der Waals surface area contributed by atoms with E-state index in [4.69, 9.17) is 0 Å². The van der Waals surface area contributed by atoms with Crippen LogP contribution in [0.15, 0.2) is 18.2 Å². The van der Waals surface area contributed by atoms with Crippen LogP contribution in [-0.4, -0.2) is 33.6 Å². The third-order valence-corrected chi connectivity index (χ3v) is 4.87. The summed E-state index contributed by atoms with van der Waals surface area (Å²) in [7, 11) is 1.66. The molecule has 1 aliphatic carbocycles. The molecule has 114 valence electrons. The molecule has 1 fully saturated rings. The number of nitrogens with zero attached hydrogens (tertiary/aromatic N) is 2. The molecule has 0 saturated heterocycles. The van der Waals surface area contributed by atoms with E-state index >= 15 is 0 Å². The summed E-state index contributed by atoms with van der Waals surface area (Å²) in [4.78, 5) is 24.2. The molecular formula is C14H16BrFN2O3. The zero-order valence-corrected chi connectivity index (χ0v) is 13.2. The predicted molar refractivity (Wildman–Crippen MR) is 80.1 cm³/mol. The highest BCUT2D eigenvalue weighted by molar-refractivity contribution is 9.09. The zero-order valence-electron chi connectivity index (χ0n) is 11.6. The summed E-state index contributed by atoms with van der Waals surface area (Å²) in [5.74, 6) is -1.17. The second-order valence-corrected chi connectivity index (χ2v) is 6.42. The van der Waals surface area contributed by atoms with E-state index in [2.05, 4.69) is 15.9 Å². The van der Waals surface area contributed by atoms with Crippen LogP contribution in [0.5, 0.6) is 0 Å². The van der Waals surface area contributed by atoms with Gasteiger partial charge in [0, 0.05) is 29.5 Å². The van der Waals surface area contributed by atoms with Crippen molar-refractivity contribution in [2.45, 2.75) is 36.6 Å². The maximum atomic E-state index is 13.4. The molecule has 1 amide bonds. The van der Waals surface area contributed by atoms with Gasteiger partial charge in [-0.05, 0) is 18.9 Å². The Morgan fingerprint density at radius 2 is 2.05 bits per heavy atom. The highest BCUT2D eigenvalue weighted by atomic mass is 79.9. The molecule has 0 N–H and O–H groups in total. The summed E-state index contributed by atoms with van der Waals surface area (Å²) in [5, 5.41) is 10.8. The Morgan fingerprint density at radius 1 is 1.38 bits per heavy atom. The average molecular weight is 359 g/mol. The van der Waals surface area contributed by atoms with Crippen LogP contribution in [0.25, 0.3) is 0 Å². The van der Waals surface area contributed by atoms with Crippen LogP contribution in [0.3, 0.4) is 0 Å². The summed E-state index contributed by atoms with van der Waals surface area (Å²) in [6.07, 6.45) is 3.99. The first kappa shape index (κ1) is 15.9. The molecule has 1 aliphatic rings. The largest absolute Gasteiger partial charge is 0.338 e. The fraction of sp³-hybridized carbons (Fsp3) is 0.500. The maximum Gasteiger partial charge on any atom is 0.273 e. The lowest BCUT2D eigenvalue weighted by Crippen LogP contribution is -2.44. The standard InChI is InChI=1S/C14H16BrFN2O3/c1-17(13-5-3-2-4-12(13)15)14(19)9-6-10(16)8-11(7-9)18(20)21/h6-8,12-13H,2-5H2,1H3. The Morgan fingerprint density at radius 3 is 2.67 bits per heavy atom. The van der Waals surface area contributed by atoms with Gasteiger partial charge in [-0.25, -0.2) is 4.39 Å². The second-order valence-electron chi connectivity index (χ2n) is 5.24. The smallest absolute Gasteiger partial charge is 0.273 e. The number of carbonyl (C=O) groups excluding carboxylic acids is 1. The van der Waals surface area contributed by atoms with E-state index in [1.165, 1.54) is 0 Å². The van der Waals surface area contributed by atoms with Gasteiger partial charge in [0.1, 0.15) is 5.82 Å². The van der Waals surface area contributed by atoms with Crippen molar-refractivity contribution in [1.29, 1.82) is 0 Å². The van der Waals surface area contributed by atoms with Gasteiger partial charge in [0.15, 0.2) is 0 Å². The molecule has 7 heteroatoms. The lowest BCUT2D eigenvalue weighted by molar-refractivity contribution is -0.385. The maximum absolute atomic E-state index is 13.4. The van der Waals surface area contributed by atoms with Crippen LogP contribution in [-0.2, 0) is 0 Å². The SMILES string of the molecule is CN(C(=O)c1cc(F)cc([N+](=O)[O-])c1)C1CCCCC1Br. The van der Waals surface area contributed by atoms with Crippen LogP contribution in [0.4, 0.5) is 10.1 Å². The molecule has 21 heavy (non-hydrogen) atoms. The molecule has 2 rings (SSSR count). The summed E-state index contributed by atoms with van der Waals surface area (Å²) >= 11 is 3.57. The monoisotopic (exact) mass is 358 g/mol. The minimum atomic E-state index is -0.778. The third-order valence-electron chi connectivity index (χ3n) is 3.81. The molecule has 0 aliphatic heterocycles. The first-order chi connectivity index (χ1) is 9.90. The minimum absolute atomic E-state index is 0.00877. The number of hydrogen-bond donors (Lipinski definition) is 0. The zero-order chi connectivity index (χ0) is 15.6. The number of nitro groups is 1. The van der Waals surface area contributed by atoms with Crippen molar-refractivity contribution in [1.82, 2.24) is 4.90 Å². The van der Waals surface area contributed by atoms with Crippen LogP contribution in [0, 0.1) is 15.9 Å². The van der Waals surface area contributed by atoms with Crippen molar-refractivity contribution < 1.29 is 14.1 Å². The number of halogens is 2. The number of amides is 1. The molecule has 1 aromatic rings. The van der Waals surface area contributed by atoms with Crippen LogP contribution >= 0.6 is 15.9 Å². The van der Waals surface area contributed by atoms with E-state index in [0.717, 1.165) is 43.9 Å². The fourth-order valence-electron chi connectivity index (χ4n) is 2.66. The Balaban J connectivity index is 2.24. The molecule has 1 aromatic carbocycles. The molecule has 0 bridgehead atoms. The fourth-order valence-corrected chi connectivity index (χ4v) is 3.60. The highest BCUT2D eigenvalue weighted by Crippen LogP contribution is 2.29. The first-order valence-electron chi connectivity index (χ1n) is 6.76. The first-order valence-corrected chi connectivity index (χ1v) is 7.68. The van der Waals surface area contributed by atoms with E-state index in [0.29, 0.717) is 0 Å². The summed E-state index contributed by atoms with van der Waals surface area (Å²) in [6, 6.07) is 2.99. The van der Waals surface area contributed by atoms with E-state index in [-0.39, 0.29) is 16.4 Å². The molecular weight excluding hydrogens is 343 g/mol. The van der Waals surface area contributed by atoms with Gasteiger partial charge in [0.05, 0.1) is 11.0 Å². The quantitative estimate of drug-likeness (QED) is 0.471. The van der Waals surface area contributed by atoms with E-state index < -0.39 is 22.3 Å². The van der Waals surface area contributed by atoms with Gasteiger partial charge in [-0.2, -0.15) is 0 Å². The van der Waals surface area contributed by atoms with E-state index in [9.17, 15) is 19.3 Å². The lowest BCUT2D eigenvalue weighted by Gasteiger charge is -2.35. The van der Waals surface area contributed by atoms with Crippen LogP contribution in [0.1, 0.15) is 36.0 Å². The number of non-ortho nitro benzene ring substituents is 1. The van der Waals surface area contributed by atoms with E-state index in [1.807, 2.05) is 0 Å². The van der Waals surface area contributed by atoms with Gasteiger partial charge in [-0.15, -0.1) is 0 Å². The normalized spacial score (nSPS) is 21.9. The second kappa shape index (κ2) is 6.51. The minimum Gasteiger partial charge on any atom is -0.338 e. The molecule has 0 heterocycles. The number of rotatable bonds is 3. The van der Waals surface area contributed by atoms with Crippen molar-refractivity contribution in [2.24, 2.45) is 0 Å². The number of nitro benzene ring substituents is 1. The van der Waals surface area contributed by atoms with Crippen LogP contribution in [0.2, 0.25) is 0 Å². The van der Waals surface area contributed by atoms with E-state index in [1.54, 1.807) is 11.9 Å². The number of carbonyl (C=O) groups is 1. The van der Waals surface area contributed by atoms with Crippen molar-refractivity contribution in [2.75, 3.05) is 7.05 Å². The van der Waals surface area contributed by atoms with Gasteiger partial charge < -0.3 is 4.90 Å².